The van der Waals surface area contributed by atoms with Crippen molar-refractivity contribution in [3.8, 4) is 0 Å². The summed E-state index contributed by atoms with van der Waals surface area (Å²) in [4.78, 5) is 23.8. The monoisotopic (exact) mass is 214 g/mol. The first-order chi connectivity index (χ1) is 7.13. The Morgan fingerprint density at radius 3 is 2.47 bits per heavy atom. The van der Waals surface area contributed by atoms with Gasteiger partial charge in [0.25, 0.3) is 0 Å². The predicted molar refractivity (Wildman–Crippen MR) is 55.5 cm³/mol. The molecule has 1 rings (SSSR count). The summed E-state index contributed by atoms with van der Waals surface area (Å²) >= 11 is 0. The van der Waals surface area contributed by atoms with Crippen LogP contribution in [-0.4, -0.2) is 48.6 Å². The molecule has 1 heterocycles. The molecule has 15 heavy (non-hydrogen) atoms. The maximum atomic E-state index is 11.5. The molecule has 0 radical (unpaired) electrons. The van der Waals surface area contributed by atoms with Crippen molar-refractivity contribution in [3.05, 3.63) is 0 Å². The number of carboxylic acids is 1. The van der Waals surface area contributed by atoms with Gasteiger partial charge in [-0.15, -0.1) is 0 Å². The number of carbonyl (C=O) groups excluding carboxylic acids is 1. The van der Waals surface area contributed by atoms with Crippen LogP contribution >= 0.6 is 0 Å². The minimum atomic E-state index is -0.741. The molecule has 0 aromatic rings. The molecule has 1 aliphatic rings. The molecule has 86 valence electrons. The van der Waals surface area contributed by atoms with E-state index in [9.17, 15) is 9.59 Å². The largest absolute Gasteiger partial charge is 0.481 e. The maximum absolute atomic E-state index is 11.5. The van der Waals surface area contributed by atoms with Crippen molar-refractivity contribution in [1.82, 2.24) is 10.2 Å². The van der Waals surface area contributed by atoms with E-state index < -0.39 is 5.97 Å². The van der Waals surface area contributed by atoms with Crippen molar-refractivity contribution in [2.24, 2.45) is 5.92 Å². The van der Waals surface area contributed by atoms with Gasteiger partial charge in [0.15, 0.2) is 0 Å². The highest BCUT2D eigenvalue weighted by atomic mass is 16.4. The number of nitrogens with zero attached hydrogens (tertiary/aromatic N) is 1. The van der Waals surface area contributed by atoms with Gasteiger partial charge in [0.05, 0.1) is 6.54 Å². The SMILES string of the molecule is CNCC(=O)N1CCC(CC(=O)O)CC1. The summed E-state index contributed by atoms with van der Waals surface area (Å²) < 4.78 is 0. The molecule has 0 spiro atoms. The molecule has 0 bridgehead atoms. The molecule has 1 aliphatic heterocycles. The molecule has 1 saturated heterocycles. The fourth-order valence-corrected chi connectivity index (χ4v) is 1.90. The Bertz CT molecular complexity index is 235. The van der Waals surface area contributed by atoms with E-state index in [1.807, 2.05) is 0 Å². The molecule has 2 N–H and O–H groups in total. The van der Waals surface area contributed by atoms with Crippen molar-refractivity contribution in [3.63, 3.8) is 0 Å². The van der Waals surface area contributed by atoms with Gasteiger partial charge in [0, 0.05) is 19.5 Å². The Kier molecular flexibility index (Phi) is 4.55. The zero-order chi connectivity index (χ0) is 11.3. The number of likely N-dealkylation sites (N-methyl/N-ethyl adjacent to an activating group) is 1. The van der Waals surface area contributed by atoms with Crippen LogP contribution in [0.4, 0.5) is 0 Å². The van der Waals surface area contributed by atoms with Crippen LogP contribution in [0, 0.1) is 5.92 Å². The number of hydrogen-bond acceptors (Lipinski definition) is 3. The zero-order valence-corrected chi connectivity index (χ0v) is 9.03. The van der Waals surface area contributed by atoms with E-state index in [4.69, 9.17) is 5.11 Å². The average molecular weight is 214 g/mol. The molecule has 1 fully saturated rings. The van der Waals surface area contributed by atoms with Gasteiger partial charge in [0.2, 0.25) is 5.91 Å². The molecule has 0 aliphatic carbocycles. The number of aliphatic carboxylic acids is 1. The smallest absolute Gasteiger partial charge is 0.303 e. The van der Waals surface area contributed by atoms with Crippen LogP contribution in [-0.2, 0) is 9.59 Å². The molecule has 5 heteroatoms. The van der Waals surface area contributed by atoms with Crippen molar-refractivity contribution in [2.75, 3.05) is 26.7 Å². The minimum Gasteiger partial charge on any atom is -0.481 e. The van der Waals surface area contributed by atoms with E-state index in [0.717, 1.165) is 12.8 Å². The van der Waals surface area contributed by atoms with Gasteiger partial charge in [-0.2, -0.15) is 0 Å². The van der Waals surface area contributed by atoms with Crippen molar-refractivity contribution in [1.29, 1.82) is 0 Å². The first-order valence-corrected chi connectivity index (χ1v) is 5.27. The van der Waals surface area contributed by atoms with Gasteiger partial charge < -0.3 is 15.3 Å². The Morgan fingerprint density at radius 1 is 1.40 bits per heavy atom. The van der Waals surface area contributed by atoms with Gasteiger partial charge in [0.1, 0.15) is 0 Å². The number of nitrogens with one attached hydrogen (secondary N) is 1. The lowest BCUT2D eigenvalue weighted by atomic mass is 9.93. The van der Waals surface area contributed by atoms with Gasteiger partial charge in [-0.3, -0.25) is 9.59 Å². The van der Waals surface area contributed by atoms with Crippen molar-refractivity contribution < 1.29 is 14.7 Å². The van der Waals surface area contributed by atoms with Gasteiger partial charge in [-0.25, -0.2) is 0 Å². The Hall–Kier alpha value is -1.10. The van der Waals surface area contributed by atoms with Gasteiger partial charge in [-0.05, 0) is 25.8 Å². The van der Waals surface area contributed by atoms with Crippen LogP contribution in [0.2, 0.25) is 0 Å². The highest BCUT2D eigenvalue weighted by molar-refractivity contribution is 5.78. The lowest BCUT2D eigenvalue weighted by molar-refractivity contribution is -0.138. The first-order valence-electron chi connectivity index (χ1n) is 5.27. The summed E-state index contributed by atoms with van der Waals surface area (Å²) in [5.74, 6) is -0.401. The molecule has 1 amide bonds. The summed E-state index contributed by atoms with van der Waals surface area (Å²) in [6, 6.07) is 0. The lowest BCUT2D eigenvalue weighted by Crippen LogP contribution is -2.42. The topological polar surface area (TPSA) is 69.6 Å². The molecule has 0 atom stereocenters. The minimum absolute atomic E-state index is 0.103. The molecular weight excluding hydrogens is 196 g/mol. The fourth-order valence-electron chi connectivity index (χ4n) is 1.90. The van der Waals surface area contributed by atoms with Crippen LogP contribution in [0.3, 0.4) is 0 Å². The molecule has 0 aromatic heterocycles. The number of rotatable bonds is 4. The van der Waals surface area contributed by atoms with Crippen LogP contribution in [0.15, 0.2) is 0 Å². The summed E-state index contributed by atoms with van der Waals surface area (Å²) in [6.07, 6.45) is 1.84. The second-order valence-electron chi connectivity index (χ2n) is 3.95. The maximum Gasteiger partial charge on any atom is 0.303 e. The van der Waals surface area contributed by atoms with E-state index in [-0.39, 0.29) is 18.2 Å². The Labute approximate surface area is 89.4 Å². The Morgan fingerprint density at radius 2 is 2.00 bits per heavy atom. The van der Waals surface area contributed by atoms with Crippen LogP contribution in [0.5, 0.6) is 0 Å². The van der Waals surface area contributed by atoms with Gasteiger partial charge >= 0.3 is 5.97 Å². The van der Waals surface area contributed by atoms with E-state index in [0.29, 0.717) is 19.6 Å². The number of carboxylic acid groups (broad SMARTS) is 1. The molecular formula is C10H18N2O3. The second kappa shape index (κ2) is 5.70. The predicted octanol–water partition coefficient (Wildman–Crippen LogP) is -0.0809. The standard InChI is InChI=1S/C10H18N2O3/c1-11-7-9(13)12-4-2-8(3-5-12)6-10(14)15/h8,11H,2-7H2,1H3,(H,14,15). The molecule has 0 aromatic carbocycles. The summed E-state index contributed by atoms with van der Waals surface area (Å²) in [6.45, 7) is 1.75. The quantitative estimate of drug-likeness (QED) is 0.686. The second-order valence-corrected chi connectivity index (χ2v) is 3.95. The van der Waals surface area contributed by atoms with Gasteiger partial charge in [-0.1, -0.05) is 0 Å². The molecule has 0 unspecified atom stereocenters. The third-order valence-electron chi connectivity index (χ3n) is 2.76. The van der Waals surface area contributed by atoms with Crippen molar-refractivity contribution in [2.45, 2.75) is 19.3 Å². The van der Waals surface area contributed by atoms with Crippen LogP contribution < -0.4 is 5.32 Å². The van der Waals surface area contributed by atoms with Crippen LogP contribution in [0.25, 0.3) is 0 Å². The number of likely N-dealkylation sites (tertiary alicyclic amines) is 1. The molecule has 0 saturated carbocycles. The van der Waals surface area contributed by atoms with Crippen molar-refractivity contribution >= 4 is 11.9 Å². The normalized spacial score (nSPS) is 17.8. The molecule has 5 nitrogen and oxygen atoms in total. The third kappa shape index (κ3) is 3.87. The third-order valence-corrected chi connectivity index (χ3v) is 2.76. The van der Waals surface area contributed by atoms with E-state index in [1.54, 1.807) is 11.9 Å². The van der Waals surface area contributed by atoms with E-state index in [1.165, 1.54) is 0 Å². The first kappa shape index (κ1) is 12.0. The van der Waals surface area contributed by atoms with E-state index in [2.05, 4.69) is 5.32 Å². The van der Waals surface area contributed by atoms with E-state index >= 15 is 0 Å². The number of amides is 1. The Balaban J connectivity index is 2.29. The lowest BCUT2D eigenvalue weighted by Gasteiger charge is -2.31. The summed E-state index contributed by atoms with van der Waals surface area (Å²) in [5, 5.41) is 11.5. The number of carbonyl (C=O) groups is 2. The highest BCUT2D eigenvalue weighted by Crippen LogP contribution is 2.20. The highest BCUT2D eigenvalue weighted by Gasteiger charge is 2.23. The number of hydrogen-bond donors (Lipinski definition) is 2. The number of piperidine rings is 1. The zero-order valence-electron chi connectivity index (χ0n) is 9.03. The summed E-state index contributed by atoms with van der Waals surface area (Å²) in [7, 11) is 1.75. The fraction of sp³-hybridized carbons (Fsp3) is 0.800. The average Bonchev–Trinajstić information content (AvgIpc) is 2.18. The van der Waals surface area contributed by atoms with Crippen LogP contribution in [0.1, 0.15) is 19.3 Å². The summed E-state index contributed by atoms with van der Waals surface area (Å²) in [5.41, 5.74) is 0.